The number of aromatic nitrogens is 5. The van der Waals surface area contributed by atoms with E-state index in [1.165, 1.54) is 24.4 Å². The number of amides is 1. The smallest absolute Gasteiger partial charge is 0.276 e. The van der Waals surface area contributed by atoms with Crippen LogP contribution in [0.25, 0.3) is 5.82 Å². The topological polar surface area (TPSA) is 104 Å². The quantitative estimate of drug-likeness (QED) is 0.754. The zero-order valence-corrected chi connectivity index (χ0v) is 13.0. The van der Waals surface area contributed by atoms with Gasteiger partial charge in [0.15, 0.2) is 11.5 Å². The van der Waals surface area contributed by atoms with Gasteiger partial charge in [-0.05, 0) is 24.3 Å². The highest BCUT2D eigenvalue weighted by molar-refractivity contribution is 6.03. The number of methoxy groups -OCH3 is 2. The molecule has 1 amide bonds. The molecule has 0 radical (unpaired) electrons. The van der Waals surface area contributed by atoms with Gasteiger partial charge in [0, 0.05) is 6.07 Å². The lowest BCUT2D eigenvalue weighted by molar-refractivity contribution is 0.102. The molecule has 0 fully saturated rings. The minimum Gasteiger partial charge on any atom is -0.497 e. The summed E-state index contributed by atoms with van der Waals surface area (Å²) in [5.41, 5.74) is 0.669. The Bertz CT molecular complexity index is 833. The van der Waals surface area contributed by atoms with Crippen LogP contribution in [0.5, 0.6) is 11.5 Å². The van der Waals surface area contributed by atoms with Crippen LogP contribution in [0.15, 0.2) is 43.0 Å². The Morgan fingerprint density at radius 2 is 2.00 bits per heavy atom. The first-order chi connectivity index (χ1) is 11.7. The van der Waals surface area contributed by atoms with Gasteiger partial charge in [-0.1, -0.05) is 0 Å². The van der Waals surface area contributed by atoms with Gasteiger partial charge < -0.3 is 14.8 Å². The fraction of sp³-hybridized carbons (Fsp3) is 0.133. The maximum absolute atomic E-state index is 12.3. The number of nitrogens with zero attached hydrogens (tertiary/aromatic N) is 5. The maximum Gasteiger partial charge on any atom is 0.276 e. The zero-order chi connectivity index (χ0) is 16.9. The van der Waals surface area contributed by atoms with Gasteiger partial charge in [-0.25, -0.2) is 9.67 Å². The Kier molecular flexibility index (Phi) is 4.32. The molecule has 0 bridgehead atoms. The van der Waals surface area contributed by atoms with E-state index in [4.69, 9.17) is 9.47 Å². The van der Waals surface area contributed by atoms with Gasteiger partial charge in [0.2, 0.25) is 0 Å². The maximum atomic E-state index is 12.3. The van der Waals surface area contributed by atoms with Crippen LogP contribution in [-0.4, -0.2) is 45.1 Å². The van der Waals surface area contributed by atoms with Crippen molar-refractivity contribution < 1.29 is 14.3 Å². The molecule has 9 nitrogen and oxygen atoms in total. The summed E-state index contributed by atoms with van der Waals surface area (Å²) in [7, 11) is 3.07. The van der Waals surface area contributed by atoms with Crippen molar-refractivity contribution in [3.63, 3.8) is 0 Å². The SMILES string of the molecule is COc1ccc(NC(=O)c2ccc(-n3cncn3)nn2)c(OC)c1. The summed E-state index contributed by atoms with van der Waals surface area (Å²) in [4.78, 5) is 16.1. The number of rotatable bonds is 5. The van der Waals surface area contributed by atoms with Crippen LogP contribution in [0.1, 0.15) is 10.5 Å². The molecule has 122 valence electrons. The number of carbonyl (C=O) groups excluding carboxylic acids is 1. The van der Waals surface area contributed by atoms with Gasteiger partial charge in [0.25, 0.3) is 5.91 Å². The lowest BCUT2D eigenvalue weighted by atomic mass is 10.2. The summed E-state index contributed by atoms with van der Waals surface area (Å²) in [5.74, 6) is 1.17. The third-order valence-electron chi connectivity index (χ3n) is 3.19. The summed E-state index contributed by atoms with van der Waals surface area (Å²) in [6.07, 6.45) is 2.88. The van der Waals surface area contributed by atoms with Gasteiger partial charge in [-0.3, -0.25) is 4.79 Å². The predicted octanol–water partition coefficient (Wildman–Crippen LogP) is 1.33. The average molecular weight is 326 g/mol. The van der Waals surface area contributed by atoms with Gasteiger partial charge in [-0.15, -0.1) is 10.2 Å². The molecule has 0 atom stereocenters. The van der Waals surface area contributed by atoms with E-state index in [1.807, 2.05) is 0 Å². The summed E-state index contributed by atoms with van der Waals surface area (Å²) < 4.78 is 11.8. The Balaban J connectivity index is 1.77. The van der Waals surface area contributed by atoms with E-state index in [0.717, 1.165) is 0 Å². The van der Waals surface area contributed by atoms with Crippen LogP contribution in [0.4, 0.5) is 5.69 Å². The van der Waals surface area contributed by atoms with E-state index in [9.17, 15) is 4.79 Å². The number of hydrogen-bond acceptors (Lipinski definition) is 7. The minimum absolute atomic E-state index is 0.164. The third kappa shape index (κ3) is 3.14. The molecule has 0 aliphatic carbocycles. The molecule has 2 aromatic heterocycles. The lowest BCUT2D eigenvalue weighted by Crippen LogP contribution is -2.15. The van der Waals surface area contributed by atoms with Gasteiger partial charge in [-0.2, -0.15) is 5.10 Å². The van der Waals surface area contributed by atoms with Gasteiger partial charge in [0.1, 0.15) is 24.2 Å². The van der Waals surface area contributed by atoms with Crippen LogP contribution in [0.3, 0.4) is 0 Å². The second-order valence-electron chi connectivity index (χ2n) is 4.64. The largest absolute Gasteiger partial charge is 0.497 e. The molecule has 0 saturated heterocycles. The first kappa shape index (κ1) is 15.4. The highest BCUT2D eigenvalue weighted by Gasteiger charge is 2.13. The molecule has 0 aliphatic rings. The number of anilines is 1. The molecule has 24 heavy (non-hydrogen) atoms. The summed E-state index contributed by atoms with van der Waals surface area (Å²) >= 11 is 0. The van der Waals surface area contributed by atoms with Gasteiger partial charge >= 0.3 is 0 Å². The molecular weight excluding hydrogens is 312 g/mol. The molecular formula is C15H14N6O3. The van der Waals surface area contributed by atoms with Crippen molar-refractivity contribution >= 4 is 11.6 Å². The lowest BCUT2D eigenvalue weighted by Gasteiger charge is -2.11. The number of carbonyl (C=O) groups is 1. The number of benzene rings is 1. The third-order valence-corrected chi connectivity index (χ3v) is 3.19. The van der Waals surface area contributed by atoms with E-state index in [1.54, 1.807) is 37.4 Å². The van der Waals surface area contributed by atoms with E-state index < -0.39 is 5.91 Å². The normalized spacial score (nSPS) is 10.2. The van der Waals surface area contributed by atoms with Crippen LogP contribution < -0.4 is 14.8 Å². The highest BCUT2D eigenvalue weighted by Crippen LogP contribution is 2.29. The van der Waals surface area contributed by atoms with Crippen molar-refractivity contribution in [3.05, 3.63) is 48.7 Å². The van der Waals surface area contributed by atoms with Crippen LogP contribution in [-0.2, 0) is 0 Å². The molecule has 1 N–H and O–H groups in total. The molecule has 9 heteroatoms. The Morgan fingerprint density at radius 1 is 1.12 bits per heavy atom. The monoisotopic (exact) mass is 326 g/mol. The number of nitrogens with one attached hydrogen (secondary N) is 1. The van der Waals surface area contributed by atoms with E-state index in [0.29, 0.717) is 23.0 Å². The van der Waals surface area contributed by atoms with Crippen molar-refractivity contribution in [1.29, 1.82) is 0 Å². The second-order valence-corrected chi connectivity index (χ2v) is 4.64. The summed E-state index contributed by atoms with van der Waals surface area (Å²) in [6.45, 7) is 0. The van der Waals surface area contributed by atoms with Crippen molar-refractivity contribution in [2.45, 2.75) is 0 Å². The predicted molar refractivity (Wildman–Crippen MR) is 84.4 cm³/mol. The molecule has 2 heterocycles. The van der Waals surface area contributed by atoms with E-state index >= 15 is 0 Å². The second kappa shape index (κ2) is 6.73. The van der Waals surface area contributed by atoms with E-state index in [2.05, 4.69) is 25.6 Å². The van der Waals surface area contributed by atoms with Crippen molar-refractivity contribution in [3.8, 4) is 17.3 Å². The Morgan fingerprint density at radius 3 is 2.62 bits per heavy atom. The van der Waals surface area contributed by atoms with Gasteiger partial charge in [0.05, 0.1) is 19.9 Å². The first-order valence-corrected chi connectivity index (χ1v) is 6.93. The molecule has 3 rings (SSSR count). The van der Waals surface area contributed by atoms with Crippen LogP contribution >= 0.6 is 0 Å². The fourth-order valence-corrected chi connectivity index (χ4v) is 1.98. The van der Waals surface area contributed by atoms with E-state index in [-0.39, 0.29) is 5.69 Å². The zero-order valence-electron chi connectivity index (χ0n) is 13.0. The number of ether oxygens (including phenoxy) is 2. The molecule has 0 unspecified atom stereocenters. The van der Waals surface area contributed by atoms with Crippen LogP contribution in [0, 0.1) is 0 Å². The number of hydrogen-bond donors (Lipinski definition) is 1. The van der Waals surface area contributed by atoms with Crippen molar-refractivity contribution in [2.24, 2.45) is 0 Å². The van der Waals surface area contributed by atoms with Crippen molar-refractivity contribution in [1.82, 2.24) is 25.0 Å². The Labute approximate surface area is 137 Å². The fourth-order valence-electron chi connectivity index (χ4n) is 1.98. The highest BCUT2D eigenvalue weighted by atomic mass is 16.5. The Hall–Kier alpha value is -3.49. The van der Waals surface area contributed by atoms with Crippen LogP contribution in [0.2, 0.25) is 0 Å². The molecule has 0 saturated carbocycles. The summed E-state index contributed by atoms with van der Waals surface area (Å²) in [6, 6.07) is 8.26. The molecule has 1 aromatic carbocycles. The first-order valence-electron chi connectivity index (χ1n) is 6.93. The minimum atomic E-state index is -0.406. The summed E-state index contributed by atoms with van der Waals surface area (Å²) in [5, 5.41) is 14.5. The standard InChI is InChI=1S/C15H14N6O3/c1-23-10-3-4-11(13(7-10)24-2)18-15(22)12-5-6-14(20-19-12)21-9-16-8-17-21/h3-9H,1-2H3,(H,18,22). The average Bonchev–Trinajstić information content (AvgIpc) is 3.16. The van der Waals surface area contributed by atoms with Crippen molar-refractivity contribution in [2.75, 3.05) is 19.5 Å². The molecule has 3 aromatic rings. The molecule has 0 aliphatic heterocycles. The molecule has 0 spiro atoms.